The number of H-pyrrole nitrogens is 1. The Labute approximate surface area is 128 Å². The molecular formula is C16H11F3N4. The van der Waals surface area contributed by atoms with Crippen LogP contribution in [0.25, 0.3) is 22.1 Å². The van der Waals surface area contributed by atoms with E-state index in [-0.39, 0.29) is 17.5 Å². The largest absolute Gasteiger partial charge is 0.339 e. The number of aromatic nitrogens is 4. The third kappa shape index (κ3) is 2.08. The lowest BCUT2D eigenvalue weighted by Crippen LogP contribution is -2.00. The second-order valence-corrected chi connectivity index (χ2v) is 5.31. The molecule has 23 heavy (non-hydrogen) atoms. The lowest BCUT2D eigenvalue weighted by Gasteiger charge is -1.99. The molecule has 0 spiro atoms. The molecule has 0 aliphatic heterocycles. The van der Waals surface area contributed by atoms with Gasteiger partial charge in [0.05, 0.1) is 17.5 Å². The molecule has 4 rings (SSSR count). The summed E-state index contributed by atoms with van der Waals surface area (Å²) in [6.45, 7) is 0. The van der Waals surface area contributed by atoms with Crippen molar-refractivity contribution in [3.05, 3.63) is 59.4 Å². The van der Waals surface area contributed by atoms with Crippen LogP contribution < -0.4 is 0 Å². The van der Waals surface area contributed by atoms with Gasteiger partial charge < -0.3 is 9.55 Å². The molecule has 0 saturated heterocycles. The van der Waals surface area contributed by atoms with Crippen molar-refractivity contribution in [1.29, 1.82) is 0 Å². The summed E-state index contributed by atoms with van der Waals surface area (Å²) in [5, 5.41) is 0. The van der Waals surface area contributed by atoms with E-state index in [2.05, 4.69) is 15.0 Å². The van der Waals surface area contributed by atoms with Crippen molar-refractivity contribution in [1.82, 2.24) is 19.5 Å². The molecule has 0 aliphatic carbocycles. The second-order valence-electron chi connectivity index (χ2n) is 5.31. The van der Waals surface area contributed by atoms with Crippen LogP contribution >= 0.6 is 0 Å². The van der Waals surface area contributed by atoms with Gasteiger partial charge in [0.2, 0.25) is 0 Å². The minimum absolute atomic E-state index is 0.210. The van der Waals surface area contributed by atoms with Gasteiger partial charge in [0.25, 0.3) is 0 Å². The van der Waals surface area contributed by atoms with Crippen molar-refractivity contribution < 1.29 is 13.2 Å². The maximum atomic E-state index is 13.7. The van der Waals surface area contributed by atoms with Crippen LogP contribution in [0.4, 0.5) is 13.2 Å². The minimum Gasteiger partial charge on any atom is -0.339 e. The lowest BCUT2D eigenvalue weighted by molar-refractivity contribution is 0.504. The number of aryl methyl sites for hydroxylation is 1. The fourth-order valence-corrected chi connectivity index (χ4v) is 2.70. The van der Waals surface area contributed by atoms with Crippen LogP contribution in [0.15, 0.2) is 30.3 Å². The van der Waals surface area contributed by atoms with Crippen LogP contribution in [-0.2, 0) is 13.5 Å². The van der Waals surface area contributed by atoms with E-state index in [0.29, 0.717) is 17.7 Å². The Kier molecular flexibility index (Phi) is 2.90. The molecule has 0 atom stereocenters. The highest BCUT2D eigenvalue weighted by Gasteiger charge is 2.18. The van der Waals surface area contributed by atoms with E-state index >= 15 is 0 Å². The number of hydrogen-bond donors (Lipinski definition) is 1. The summed E-state index contributed by atoms with van der Waals surface area (Å²) in [4.78, 5) is 11.2. The van der Waals surface area contributed by atoms with Gasteiger partial charge in [-0.05, 0) is 12.1 Å². The molecule has 4 nitrogen and oxygen atoms in total. The number of halogens is 3. The molecule has 0 amide bonds. The Hall–Kier alpha value is -2.83. The SMILES string of the molecule is Cn1c(Cc2nc3c(F)cc(F)c(F)c3[nH]2)nc2ccccc21. The van der Waals surface area contributed by atoms with Crippen LogP contribution in [0, 0.1) is 17.5 Å². The fourth-order valence-electron chi connectivity index (χ4n) is 2.70. The van der Waals surface area contributed by atoms with Crippen LogP contribution in [0.1, 0.15) is 11.6 Å². The number of hydrogen-bond acceptors (Lipinski definition) is 2. The molecule has 0 radical (unpaired) electrons. The first-order chi connectivity index (χ1) is 11.0. The lowest BCUT2D eigenvalue weighted by atomic mass is 10.3. The number of nitrogens with zero attached hydrogens (tertiary/aromatic N) is 3. The first-order valence-corrected chi connectivity index (χ1v) is 6.97. The molecule has 116 valence electrons. The topological polar surface area (TPSA) is 46.5 Å². The van der Waals surface area contributed by atoms with Gasteiger partial charge in [0.1, 0.15) is 22.7 Å². The van der Waals surface area contributed by atoms with Gasteiger partial charge in [-0.25, -0.2) is 23.1 Å². The molecule has 0 bridgehead atoms. The number of aromatic amines is 1. The number of para-hydroxylation sites is 2. The van der Waals surface area contributed by atoms with E-state index in [9.17, 15) is 13.2 Å². The normalized spacial score (nSPS) is 11.7. The smallest absolute Gasteiger partial charge is 0.184 e. The summed E-state index contributed by atoms with van der Waals surface area (Å²) in [5.41, 5.74) is 1.29. The maximum absolute atomic E-state index is 13.7. The maximum Gasteiger partial charge on any atom is 0.184 e. The molecule has 1 N–H and O–H groups in total. The number of rotatable bonds is 2. The average Bonchev–Trinajstić information content (AvgIpc) is 3.09. The summed E-state index contributed by atoms with van der Waals surface area (Å²) in [6.07, 6.45) is 0.250. The van der Waals surface area contributed by atoms with E-state index in [4.69, 9.17) is 0 Å². The predicted molar refractivity (Wildman–Crippen MR) is 79.5 cm³/mol. The van der Waals surface area contributed by atoms with Crippen molar-refractivity contribution in [2.45, 2.75) is 6.42 Å². The van der Waals surface area contributed by atoms with Crippen molar-refractivity contribution >= 4 is 22.1 Å². The molecule has 0 unspecified atom stereocenters. The fraction of sp³-hybridized carbons (Fsp3) is 0.125. The molecule has 0 aliphatic rings. The Morgan fingerprint density at radius 2 is 1.87 bits per heavy atom. The van der Waals surface area contributed by atoms with E-state index in [1.807, 2.05) is 35.9 Å². The molecule has 0 fully saturated rings. The van der Waals surface area contributed by atoms with Gasteiger partial charge >= 0.3 is 0 Å². The highest BCUT2D eigenvalue weighted by molar-refractivity contribution is 5.77. The van der Waals surface area contributed by atoms with Gasteiger partial charge in [-0.1, -0.05) is 12.1 Å². The second kappa shape index (κ2) is 4.84. The predicted octanol–water partition coefficient (Wildman–Crippen LogP) is 3.46. The molecule has 7 heteroatoms. The Morgan fingerprint density at radius 3 is 2.65 bits per heavy atom. The van der Waals surface area contributed by atoms with E-state index in [1.165, 1.54) is 0 Å². The number of nitrogens with one attached hydrogen (secondary N) is 1. The van der Waals surface area contributed by atoms with Crippen LogP contribution in [0.2, 0.25) is 0 Å². The van der Waals surface area contributed by atoms with Crippen LogP contribution in [0.5, 0.6) is 0 Å². The molecular weight excluding hydrogens is 305 g/mol. The number of imidazole rings is 2. The minimum atomic E-state index is -1.24. The average molecular weight is 316 g/mol. The summed E-state index contributed by atoms with van der Waals surface area (Å²) < 4.78 is 42.6. The molecule has 2 aromatic heterocycles. The summed E-state index contributed by atoms with van der Waals surface area (Å²) in [7, 11) is 1.86. The molecule has 4 aromatic rings. The molecule has 2 aromatic carbocycles. The zero-order chi connectivity index (χ0) is 16.1. The standard InChI is InChI=1S/C16H11F3N4/c1-23-11-5-3-2-4-10(11)20-13(23)7-12-21-15-9(18)6-8(17)14(19)16(15)22-12/h2-6H,7H2,1H3,(H,21,22). The van der Waals surface area contributed by atoms with E-state index in [1.54, 1.807) is 0 Å². The number of benzene rings is 2. The van der Waals surface area contributed by atoms with Crippen molar-refractivity contribution in [3.63, 3.8) is 0 Å². The molecule has 0 saturated carbocycles. The van der Waals surface area contributed by atoms with E-state index < -0.39 is 17.5 Å². The Bertz CT molecular complexity index is 1050. The van der Waals surface area contributed by atoms with Crippen molar-refractivity contribution in [2.24, 2.45) is 7.05 Å². The van der Waals surface area contributed by atoms with Crippen LogP contribution in [-0.4, -0.2) is 19.5 Å². The summed E-state index contributed by atoms with van der Waals surface area (Å²) >= 11 is 0. The van der Waals surface area contributed by atoms with Crippen LogP contribution in [0.3, 0.4) is 0 Å². The third-order valence-electron chi connectivity index (χ3n) is 3.87. The summed E-state index contributed by atoms with van der Waals surface area (Å²) in [6, 6.07) is 8.10. The molecule has 2 heterocycles. The number of fused-ring (bicyclic) bond motifs is 2. The Morgan fingerprint density at radius 1 is 1.09 bits per heavy atom. The highest BCUT2D eigenvalue weighted by Crippen LogP contribution is 2.23. The van der Waals surface area contributed by atoms with Gasteiger partial charge in [0, 0.05) is 13.1 Å². The highest BCUT2D eigenvalue weighted by atomic mass is 19.2. The monoisotopic (exact) mass is 316 g/mol. The van der Waals surface area contributed by atoms with Gasteiger partial charge in [-0.2, -0.15) is 0 Å². The van der Waals surface area contributed by atoms with Gasteiger partial charge in [0.15, 0.2) is 17.5 Å². The first-order valence-electron chi connectivity index (χ1n) is 6.97. The zero-order valence-electron chi connectivity index (χ0n) is 12.1. The van der Waals surface area contributed by atoms with E-state index in [0.717, 1.165) is 11.0 Å². The zero-order valence-corrected chi connectivity index (χ0v) is 12.1. The first kappa shape index (κ1) is 13.8. The summed E-state index contributed by atoms with van der Waals surface area (Å²) in [5.74, 6) is -2.27. The van der Waals surface area contributed by atoms with Gasteiger partial charge in [-0.15, -0.1) is 0 Å². The third-order valence-corrected chi connectivity index (χ3v) is 3.87. The van der Waals surface area contributed by atoms with Crippen molar-refractivity contribution in [2.75, 3.05) is 0 Å². The van der Waals surface area contributed by atoms with Gasteiger partial charge in [-0.3, -0.25) is 0 Å². The quantitative estimate of drug-likeness (QED) is 0.576. The van der Waals surface area contributed by atoms with Crippen molar-refractivity contribution in [3.8, 4) is 0 Å². The Balaban J connectivity index is 1.82.